The lowest BCUT2D eigenvalue weighted by molar-refractivity contribution is 0.168. The van der Waals surface area contributed by atoms with Crippen molar-refractivity contribution in [3.8, 4) is 0 Å². The molecule has 1 nitrogen and oxygen atoms in total. The highest BCUT2D eigenvalue weighted by molar-refractivity contribution is 7.79. The van der Waals surface area contributed by atoms with Gasteiger partial charge in [-0.2, -0.15) is 0 Å². The molecular weight excluding hydrogens is 84.1 g/mol. The third kappa shape index (κ3) is 4.05. The van der Waals surface area contributed by atoms with Gasteiger partial charge in [0.25, 0.3) is 0 Å². The zero-order chi connectivity index (χ0) is 4.28. The van der Waals surface area contributed by atoms with Crippen molar-refractivity contribution in [1.29, 1.82) is 0 Å². The zero-order valence-corrected chi connectivity index (χ0v) is 3.79. The van der Waals surface area contributed by atoms with Gasteiger partial charge in [-0.1, -0.05) is 12.2 Å². The molecule has 0 aliphatic rings. The van der Waals surface area contributed by atoms with Crippen LogP contribution in [0.25, 0.3) is 0 Å². The number of thiocarbonyl (C=S) groups is 1. The van der Waals surface area contributed by atoms with Crippen LogP contribution in [-0.2, 0) is 5.11 Å². The van der Waals surface area contributed by atoms with Gasteiger partial charge in [0, 0.05) is 5.37 Å². The molecule has 0 aromatic carbocycles. The molecule has 0 N–H and O–H groups in total. The molecule has 0 bridgehead atoms. The van der Waals surface area contributed by atoms with E-state index in [0.29, 0.717) is 0 Å². The van der Waals surface area contributed by atoms with Crippen molar-refractivity contribution in [2.45, 2.75) is 13.0 Å². The predicted octanol–water partition coefficient (Wildman–Crippen LogP) is 0.805. The van der Waals surface area contributed by atoms with Gasteiger partial charge in [0.15, 0.2) is 0 Å². The third-order valence-corrected chi connectivity index (χ3v) is 0.575. The van der Waals surface area contributed by atoms with E-state index in [1.54, 1.807) is 0 Å². The van der Waals surface area contributed by atoms with Crippen LogP contribution in [0, 0.1) is 0 Å². The SMILES string of the molecule is CC([O])C=S. The van der Waals surface area contributed by atoms with Gasteiger partial charge >= 0.3 is 0 Å². The molecule has 1 radical (unpaired) electrons. The van der Waals surface area contributed by atoms with Gasteiger partial charge in [-0.25, -0.2) is 5.11 Å². The number of rotatable bonds is 1. The van der Waals surface area contributed by atoms with Crippen LogP contribution in [-0.4, -0.2) is 11.5 Å². The Labute approximate surface area is 36.6 Å². The van der Waals surface area contributed by atoms with Crippen LogP contribution < -0.4 is 0 Å². The highest BCUT2D eigenvalue weighted by atomic mass is 32.1. The Bertz CT molecular complexity index is 33.9. The molecule has 0 spiro atoms. The van der Waals surface area contributed by atoms with Crippen LogP contribution in [0.15, 0.2) is 0 Å². The summed E-state index contributed by atoms with van der Waals surface area (Å²) in [5.74, 6) is 0. The molecule has 0 saturated heterocycles. The van der Waals surface area contributed by atoms with Gasteiger partial charge in [0.05, 0.1) is 0 Å². The van der Waals surface area contributed by atoms with E-state index in [-0.39, 0.29) is 0 Å². The fourth-order valence-corrected chi connectivity index (χ4v) is 0. The van der Waals surface area contributed by atoms with Crippen molar-refractivity contribution in [3.63, 3.8) is 0 Å². The summed E-state index contributed by atoms with van der Waals surface area (Å²) in [6.07, 6.45) is -0.676. The standard InChI is InChI=1S/C3H5OS/c1-3(4)2-5/h2-3H,1H3. The molecule has 0 heterocycles. The molecule has 0 aromatic heterocycles. The molecule has 0 rings (SSSR count). The maximum absolute atomic E-state index is 9.74. The van der Waals surface area contributed by atoms with Crippen LogP contribution in [0.1, 0.15) is 6.92 Å². The number of hydrogen-bond donors (Lipinski definition) is 0. The van der Waals surface area contributed by atoms with Crippen molar-refractivity contribution in [2.75, 3.05) is 0 Å². The van der Waals surface area contributed by atoms with Crippen LogP contribution in [0.4, 0.5) is 0 Å². The van der Waals surface area contributed by atoms with E-state index in [4.69, 9.17) is 0 Å². The first-order valence-corrected chi connectivity index (χ1v) is 1.85. The van der Waals surface area contributed by atoms with Crippen LogP contribution in [0.3, 0.4) is 0 Å². The van der Waals surface area contributed by atoms with E-state index < -0.39 is 6.10 Å². The minimum Gasteiger partial charge on any atom is -0.228 e. The van der Waals surface area contributed by atoms with Gasteiger partial charge in [-0.3, -0.25) is 0 Å². The second-order valence-electron chi connectivity index (χ2n) is 0.841. The first-order valence-electron chi connectivity index (χ1n) is 1.38. The minimum absolute atomic E-state index is 0.676. The van der Waals surface area contributed by atoms with Crippen molar-refractivity contribution in [2.24, 2.45) is 0 Å². The zero-order valence-electron chi connectivity index (χ0n) is 2.97. The Hall–Kier alpha value is 0.0500. The molecule has 0 amide bonds. The van der Waals surface area contributed by atoms with E-state index in [2.05, 4.69) is 12.2 Å². The van der Waals surface area contributed by atoms with Crippen molar-refractivity contribution in [1.82, 2.24) is 0 Å². The summed E-state index contributed by atoms with van der Waals surface area (Å²) in [6.45, 7) is 1.51. The van der Waals surface area contributed by atoms with Crippen molar-refractivity contribution in [3.05, 3.63) is 0 Å². The molecule has 5 heavy (non-hydrogen) atoms. The Balaban J connectivity index is 2.83. The lowest BCUT2D eigenvalue weighted by atomic mass is 10.5. The summed E-state index contributed by atoms with van der Waals surface area (Å²) >= 11 is 4.24. The van der Waals surface area contributed by atoms with Gasteiger partial charge in [-0.05, 0) is 6.92 Å². The summed E-state index contributed by atoms with van der Waals surface area (Å²) in [5, 5.41) is 10.9. The van der Waals surface area contributed by atoms with Crippen LogP contribution in [0.5, 0.6) is 0 Å². The first-order chi connectivity index (χ1) is 2.27. The van der Waals surface area contributed by atoms with Crippen LogP contribution >= 0.6 is 12.2 Å². The highest BCUT2D eigenvalue weighted by Gasteiger charge is 1.81. The Morgan fingerprint density at radius 3 is 2.20 bits per heavy atom. The quantitative estimate of drug-likeness (QED) is 0.435. The Morgan fingerprint density at radius 1 is 2.00 bits per heavy atom. The Kier molecular flexibility index (Phi) is 2.32. The molecule has 29 valence electrons. The summed E-state index contributed by atoms with van der Waals surface area (Å²) in [5.41, 5.74) is 0. The summed E-state index contributed by atoms with van der Waals surface area (Å²) in [6, 6.07) is 0. The van der Waals surface area contributed by atoms with Gasteiger partial charge in [-0.15, -0.1) is 0 Å². The minimum atomic E-state index is -0.676. The monoisotopic (exact) mass is 89.0 g/mol. The second-order valence-corrected chi connectivity index (χ2v) is 1.11. The lowest BCUT2D eigenvalue weighted by Crippen LogP contribution is -1.93. The van der Waals surface area contributed by atoms with Gasteiger partial charge in [0.2, 0.25) is 0 Å². The normalized spacial score (nSPS) is 14.0. The lowest BCUT2D eigenvalue weighted by Gasteiger charge is -1.77. The topological polar surface area (TPSA) is 19.9 Å². The Morgan fingerprint density at radius 2 is 2.20 bits per heavy atom. The summed E-state index contributed by atoms with van der Waals surface area (Å²) < 4.78 is 0. The highest BCUT2D eigenvalue weighted by Crippen LogP contribution is 1.68. The van der Waals surface area contributed by atoms with E-state index >= 15 is 0 Å². The molecule has 0 aromatic rings. The largest absolute Gasteiger partial charge is 0.228 e. The van der Waals surface area contributed by atoms with E-state index in [0.717, 1.165) is 0 Å². The maximum Gasteiger partial charge on any atom is 0.118 e. The summed E-state index contributed by atoms with van der Waals surface area (Å²) in [7, 11) is 0. The number of hydrogen-bond acceptors (Lipinski definition) is 1. The average Bonchev–Trinajstić information content (AvgIpc) is 1.38. The second kappa shape index (κ2) is 2.30. The molecule has 1 unspecified atom stereocenters. The maximum atomic E-state index is 9.74. The van der Waals surface area contributed by atoms with E-state index in [1.807, 2.05) is 0 Å². The predicted molar refractivity (Wildman–Crippen MR) is 23.8 cm³/mol. The van der Waals surface area contributed by atoms with Gasteiger partial charge in [0.1, 0.15) is 6.10 Å². The molecule has 2 heteroatoms. The van der Waals surface area contributed by atoms with E-state index in [9.17, 15) is 5.11 Å². The molecule has 1 atom stereocenters. The van der Waals surface area contributed by atoms with Crippen molar-refractivity contribution >= 4 is 17.6 Å². The van der Waals surface area contributed by atoms with E-state index in [1.165, 1.54) is 12.3 Å². The third-order valence-electron chi connectivity index (χ3n) is 0.192. The fraction of sp³-hybridized carbons (Fsp3) is 0.667. The van der Waals surface area contributed by atoms with Gasteiger partial charge < -0.3 is 0 Å². The first kappa shape index (κ1) is 5.05. The fourth-order valence-electron chi connectivity index (χ4n) is 0. The molecule has 0 aliphatic heterocycles. The smallest absolute Gasteiger partial charge is 0.118 e. The molecule has 0 fully saturated rings. The molecule has 0 saturated carbocycles. The van der Waals surface area contributed by atoms with Crippen molar-refractivity contribution < 1.29 is 5.11 Å². The average molecular weight is 89.1 g/mol. The van der Waals surface area contributed by atoms with Crippen LogP contribution in [0.2, 0.25) is 0 Å². The molecule has 0 aliphatic carbocycles. The summed E-state index contributed by atoms with van der Waals surface area (Å²) in [4.78, 5) is 0. The molecular formula is C3H5OS.